The Kier molecular flexibility index (Phi) is 7.31. The van der Waals surface area contributed by atoms with Gasteiger partial charge in [-0.1, -0.05) is 23.7 Å². The lowest BCUT2D eigenvalue weighted by Crippen LogP contribution is -2.50. The van der Waals surface area contributed by atoms with Crippen molar-refractivity contribution in [1.29, 1.82) is 0 Å². The number of carbonyl (C=O) groups is 1. The van der Waals surface area contributed by atoms with E-state index in [9.17, 15) is 19.4 Å². The number of carboxylic acids is 1. The second kappa shape index (κ2) is 10.4. The number of aliphatic hydroxyl groups is 1. The van der Waals surface area contributed by atoms with E-state index in [1.165, 1.54) is 6.07 Å². The predicted molar refractivity (Wildman–Crippen MR) is 138 cm³/mol. The molecule has 39 heavy (non-hydrogen) atoms. The molecule has 208 valence electrons. The van der Waals surface area contributed by atoms with Crippen molar-refractivity contribution in [2.45, 2.75) is 51.3 Å². The number of H-pyrrole nitrogens is 1. The zero-order valence-corrected chi connectivity index (χ0v) is 22.2. The van der Waals surface area contributed by atoms with Crippen molar-refractivity contribution in [1.82, 2.24) is 25.1 Å². The van der Waals surface area contributed by atoms with Gasteiger partial charge in [0.25, 0.3) is 0 Å². The van der Waals surface area contributed by atoms with Crippen molar-refractivity contribution < 1.29 is 28.5 Å². The second-order valence-corrected chi connectivity index (χ2v) is 10.9. The van der Waals surface area contributed by atoms with Crippen molar-refractivity contribution in [3.05, 3.63) is 63.6 Å². The third-order valence-electron chi connectivity index (χ3n) is 7.54. The van der Waals surface area contributed by atoms with Gasteiger partial charge in [-0.3, -0.25) is 14.8 Å². The van der Waals surface area contributed by atoms with Gasteiger partial charge in [-0.25, -0.2) is 18.7 Å². The van der Waals surface area contributed by atoms with E-state index in [-0.39, 0.29) is 67.4 Å². The van der Waals surface area contributed by atoms with Crippen LogP contribution in [-0.2, 0) is 28.1 Å². The van der Waals surface area contributed by atoms with E-state index >= 15 is 4.39 Å². The molecule has 2 fully saturated rings. The molecule has 2 aliphatic heterocycles. The number of halogens is 3. The average molecular weight is 563 g/mol. The number of ether oxygens (including phenoxy) is 1. The summed E-state index contributed by atoms with van der Waals surface area (Å²) in [5.74, 6) is -2.07. The van der Waals surface area contributed by atoms with Crippen LogP contribution in [0.1, 0.15) is 42.4 Å². The summed E-state index contributed by atoms with van der Waals surface area (Å²) in [6, 6.07) is 6.24. The van der Waals surface area contributed by atoms with E-state index < -0.39 is 28.6 Å². The normalized spacial score (nSPS) is 22.9. The van der Waals surface area contributed by atoms with Gasteiger partial charge in [0.15, 0.2) is 17.2 Å². The quantitative estimate of drug-likeness (QED) is 0.324. The third kappa shape index (κ3) is 5.33. The van der Waals surface area contributed by atoms with Gasteiger partial charge >= 0.3 is 5.97 Å². The van der Waals surface area contributed by atoms with Crippen molar-refractivity contribution in [3.63, 3.8) is 0 Å². The van der Waals surface area contributed by atoms with E-state index in [4.69, 9.17) is 16.3 Å². The monoisotopic (exact) mass is 562 g/mol. The van der Waals surface area contributed by atoms with E-state index in [1.807, 2.05) is 11.8 Å². The van der Waals surface area contributed by atoms with E-state index in [2.05, 4.69) is 25.5 Å². The predicted octanol–water partition coefficient (Wildman–Crippen LogP) is 3.70. The minimum absolute atomic E-state index is 0.0179. The topological polar surface area (TPSA) is 136 Å². The number of hydrogen-bond donors (Lipinski definition) is 4. The summed E-state index contributed by atoms with van der Waals surface area (Å²) < 4.78 is 35.4. The Bertz CT molecular complexity index is 1400. The van der Waals surface area contributed by atoms with Crippen LogP contribution in [0, 0.1) is 24.0 Å². The molecule has 4 heterocycles. The first-order valence-corrected chi connectivity index (χ1v) is 12.9. The van der Waals surface area contributed by atoms with Gasteiger partial charge in [0, 0.05) is 36.3 Å². The molecule has 0 saturated carbocycles. The lowest BCUT2D eigenvalue weighted by molar-refractivity contribution is -0.188. The molecule has 0 aliphatic carbocycles. The van der Waals surface area contributed by atoms with Crippen molar-refractivity contribution in [2.75, 3.05) is 25.1 Å². The summed E-state index contributed by atoms with van der Waals surface area (Å²) in [4.78, 5) is 23.2. The maximum absolute atomic E-state index is 15.8. The Hall–Kier alpha value is -3.19. The van der Waals surface area contributed by atoms with Gasteiger partial charge < -0.3 is 20.3 Å². The molecular weight excluding hydrogens is 534 g/mol. The summed E-state index contributed by atoms with van der Waals surface area (Å²) in [6.07, 6.45) is 0.138. The summed E-state index contributed by atoms with van der Waals surface area (Å²) in [5, 5.41) is 31.0. The first kappa shape index (κ1) is 27.4. The van der Waals surface area contributed by atoms with Crippen LogP contribution >= 0.6 is 11.6 Å². The van der Waals surface area contributed by atoms with Crippen LogP contribution in [0.4, 0.5) is 20.5 Å². The lowest BCUT2D eigenvalue weighted by Gasteiger charge is -2.43. The minimum Gasteiger partial charge on any atom is -0.481 e. The van der Waals surface area contributed by atoms with E-state index in [1.54, 1.807) is 25.1 Å². The Labute approximate surface area is 228 Å². The first-order valence-electron chi connectivity index (χ1n) is 12.6. The number of piperidine rings is 1. The highest BCUT2D eigenvalue weighted by atomic mass is 35.5. The summed E-state index contributed by atoms with van der Waals surface area (Å²) in [5.41, 5.74) is -2.17. The van der Waals surface area contributed by atoms with Gasteiger partial charge in [0.05, 0.1) is 29.3 Å². The van der Waals surface area contributed by atoms with Crippen molar-refractivity contribution in [2.24, 2.45) is 5.41 Å². The largest absolute Gasteiger partial charge is 0.481 e. The summed E-state index contributed by atoms with van der Waals surface area (Å²) in [7, 11) is 0. The zero-order chi connectivity index (χ0) is 27.9. The molecule has 0 bridgehead atoms. The SMILES string of the molecule is Cc1cc(Nc2nc(C[C@@]3(C(=O)O)CCN(Cc4cccc(Cl)c4F)[C@H](C)C3)c(F)c(C3(O)COC3)n2)n[nH]1. The van der Waals surface area contributed by atoms with Crippen LogP contribution in [0.5, 0.6) is 0 Å². The van der Waals surface area contributed by atoms with Crippen LogP contribution in [-0.4, -0.2) is 67.0 Å². The molecule has 0 radical (unpaired) electrons. The number of carboxylic acid groups (broad SMARTS) is 1. The number of nitrogens with one attached hydrogen (secondary N) is 2. The van der Waals surface area contributed by atoms with Crippen molar-refractivity contribution >= 4 is 29.3 Å². The number of nitrogens with zero attached hydrogens (tertiary/aromatic N) is 4. The van der Waals surface area contributed by atoms with Crippen LogP contribution < -0.4 is 5.32 Å². The lowest BCUT2D eigenvalue weighted by atomic mass is 9.72. The molecule has 2 aromatic heterocycles. The summed E-state index contributed by atoms with van der Waals surface area (Å²) in [6.45, 7) is 3.99. The number of anilines is 2. The third-order valence-corrected chi connectivity index (χ3v) is 7.83. The Morgan fingerprint density at radius 2 is 2.08 bits per heavy atom. The van der Waals surface area contributed by atoms with Crippen LogP contribution in [0.25, 0.3) is 0 Å². The standard InChI is InChI=1S/C26H29ClF2N6O4/c1-14-8-19(34-33-14)31-24-30-18(21(29)22(32-24)26(38)12-39-13-26)10-25(23(36)37)6-7-35(15(2)9-25)11-16-4-3-5-17(27)20(16)28/h3-5,8,15,38H,6-7,9-13H2,1-2H3,(H,36,37)(H2,30,31,32,33,34)/t15-,25-/m1/s1. The number of likely N-dealkylation sites (tertiary alicyclic amines) is 1. The fourth-order valence-corrected chi connectivity index (χ4v) is 5.45. The number of aryl methyl sites for hydroxylation is 1. The Morgan fingerprint density at radius 3 is 2.69 bits per heavy atom. The zero-order valence-electron chi connectivity index (χ0n) is 21.5. The second-order valence-electron chi connectivity index (χ2n) is 10.5. The van der Waals surface area contributed by atoms with E-state index in [0.717, 1.165) is 5.69 Å². The molecule has 2 atom stereocenters. The number of aromatic amines is 1. The molecule has 5 rings (SSSR count). The Balaban J connectivity index is 1.43. The molecule has 0 amide bonds. The van der Waals surface area contributed by atoms with Gasteiger partial charge in [0.2, 0.25) is 5.95 Å². The van der Waals surface area contributed by atoms with E-state index in [0.29, 0.717) is 17.9 Å². The molecule has 0 unspecified atom stereocenters. The maximum Gasteiger partial charge on any atom is 0.310 e. The van der Waals surface area contributed by atoms with Crippen LogP contribution in [0.3, 0.4) is 0 Å². The van der Waals surface area contributed by atoms with Gasteiger partial charge in [-0.05, 0) is 39.3 Å². The smallest absolute Gasteiger partial charge is 0.310 e. The highest BCUT2D eigenvalue weighted by Gasteiger charge is 2.47. The molecule has 2 saturated heterocycles. The van der Waals surface area contributed by atoms with Crippen LogP contribution in [0.2, 0.25) is 5.02 Å². The Morgan fingerprint density at radius 1 is 1.31 bits per heavy atom. The molecule has 4 N–H and O–H groups in total. The van der Waals surface area contributed by atoms with Gasteiger partial charge in [-0.2, -0.15) is 5.10 Å². The molecule has 1 aromatic carbocycles. The molecule has 2 aliphatic rings. The van der Waals surface area contributed by atoms with Crippen LogP contribution in [0.15, 0.2) is 24.3 Å². The number of aromatic nitrogens is 4. The highest BCUT2D eigenvalue weighted by molar-refractivity contribution is 6.30. The average Bonchev–Trinajstić information content (AvgIpc) is 3.28. The number of rotatable bonds is 8. The van der Waals surface area contributed by atoms with Gasteiger partial charge in [0.1, 0.15) is 11.5 Å². The number of hydrogen-bond acceptors (Lipinski definition) is 8. The van der Waals surface area contributed by atoms with Gasteiger partial charge in [-0.15, -0.1) is 0 Å². The molecular formula is C26H29ClF2N6O4. The molecule has 0 spiro atoms. The number of aliphatic carboxylic acids is 1. The fourth-order valence-electron chi connectivity index (χ4n) is 5.25. The molecule has 10 nitrogen and oxygen atoms in total. The summed E-state index contributed by atoms with van der Waals surface area (Å²) >= 11 is 5.93. The van der Waals surface area contributed by atoms with Crippen molar-refractivity contribution in [3.8, 4) is 0 Å². The minimum atomic E-state index is -1.65. The fraction of sp³-hybridized carbons (Fsp3) is 0.462. The first-order chi connectivity index (χ1) is 18.5. The molecule has 3 aromatic rings. The molecule has 13 heteroatoms. The highest BCUT2D eigenvalue weighted by Crippen LogP contribution is 2.41. The number of benzene rings is 1. The maximum atomic E-state index is 15.8.